The Morgan fingerprint density at radius 1 is 1.17 bits per heavy atom. The van der Waals surface area contributed by atoms with Crippen LogP contribution in [0.5, 0.6) is 17.2 Å². The number of ether oxygens (including phenoxy) is 1. The molecule has 152 valence electrons. The van der Waals surface area contributed by atoms with Crippen LogP contribution in [0.2, 0.25) is 5.02 Å². The average molecular weight is 414 g/mol. The molecule has 2 N–H and O–H groups in total. The van der Waals surface area contributed by atoms with Crippen LogP contribution >= 0.6 is 11.6 Å². The Morgan fingerprint density at radius 3 is 2.72 bits per heavy atom. The molecule has 6 nitrogen and oxygen atoms in total. The molecule has 0 aliphatic carbocycles. The number of benzene rings is 2. The lowest BCUT2D eigenvalue weighted by Gasteiger charge is -2.51. The molecule has 0 amide bonds. The molecule has 0 bridgehead atoms. The number of rotatable bonds is 2. The Kier molecular flexibility index (Phi) is 4.37. The first-order chi connectivity index (χ1) is 14.0. The average Bonchev–Trinajstić information content (AvgIpc) is 3.18. The molecule has 1 saturated heterocycles. The van der Waals surface area contributed by atoms with E-state index in [1.807, 2.05) is 18.2 Å². The standard InChI is InChI=1S/C22H24ClN3O3/c1-2-25-9-7-22(8-10-25)26-19(17-11-14(23)3-6-21(17)29-22)13-18(24-26)16-12-15(27)4-5-20(16)28/h3-6,11-12,19,27-28H,2,7-10,13H2,1H3/t19-/m1/s1. The van der Waals surface area contributed by atoms with E-state index in [1.54, 1.807) is 6.07 Å². The molecular formula is C22H24ClN3O3. The largest absolute Gasteiger partial charge is 0.508 e. The summed E-state index contributed by atoms with van der Waals surface area (Å²) in [5.74, 6) is 1.08. The maximum atomic E-state index is 10.4. The maximum absolute atomic E-state index is 10.4. The van der Waals surface area contributed by atoms with Gasteiger partial charge in [-0.25, -0.2) is 5.01 Å². The molecule has 0 radical (unpaired) electrons. The number of nitrogens with zero attached hydrogens (tertiary/aromatic N) is 3. The zero-order valence-electron chi connectivity index (χ0n) is 16.3. The third-order valence-corrected chi connectivity index (χ3v) is 6.57. The predicted molar refractivity (Wildman–Crippen MR) is 112 cm³/mol. The van der Waals surface area contributed by atoms with E-state index in [-0.39, 0.29) is 17.5 Å². The zero-order valence-corrected chi connectivity index (χ0v) is 17.1. The van der Waals surface area contributed by atoms with Crippen molar-refractivity contribution in [3.63, 3.8) is 0 Å². The van der Waals surface area contributed by atoms with Gasteiger partial charge in [0.05, 0.1) is 11.8 Å². The van der Waals surface area contributed by atoms with E-state index in [1.165, 1.54) is 12.1 Å². The van der Waals surface area contributed by atoms with E-state index in [0.29, 0.717) is 17.0 Å². The molecule has 0 unspecified atom stereocenters. The van der Waals surface area contributed by atoms with E-state index < -0.39 is 5.72 Å². The molecule has 3 heterocycles. The van der Waals surface area contributed by atoms with Gasteiger partial charge in [-0.3, -0.25) is 0 Å². The summed E-state index contributed by atoms with van der Waals surface area (Å²) in [5.41, 5.74) is 1.81. The Morgan fingerprint density at radius 2 is 1.97 bits per heavy atom. The van der Waals surface area contributed by atoms with Gasteiger partial charge >= 0.3 is 0 Å². The summed E-state index contributed by atoms with van der Waals surface area (Å²) < 4.78 is 6.58. The Labute approximate surface area is 175 Å². The summed E-state index contributed by atoms with van der Waals surface area (Å²) in [6.07, 6.45) is 2.32. The lowest BCUT2D eigenvalue weighted by atomic mass is 9.90. The minimum atomic E-state index is -0.509. The highest BCUT2D eigenvalue weighted by atomic mass is 35.5. The molecule has 3 aliphatic heterocycles. The molecule has 7 heteroatoms. The van der Waals surface area contributed by atoms with E-state index >= 15 is 0 Å². The fourth-order valence-electron chi connectivity index (χ4n) is 4.72. The Bertz CT molecular complexity index is 985. The number of hydrogen-bond donors (Lipinski definition) is 2. The van der Waals surface area contributed by atoms with Crippen LogP contribution in [-0.4, -0.2) is 51.2 Å². The number of aromatic hydroxyl groups is 2. The van der Waals surface area contributed by atoms with Crippen LogP contribution in [0.25, 0.3) is 0 Å². The second-order valence-corrected chi connectivity index (χ2v) is 8.41. The van der Waals surface area contributed by atoms with Gasteiger partial charge in [0.25, 0.3) is 0 Å². The van der Waals surface area contributed by atoms with E-state index in [4.69, 9.17) is 21.4 Å². The number of phenolic OH excluding ortho intramolecular Hbond substituents is 2. The van der Waals surface area contributed by atoms with Crippen molar-refractivity contribution in [2.24, 2.45) is 5.10 Å². The number of hydrogen-bond acceptors (Lipinski definition) is 6. The molecule has 2 aromatic carbocycles. The van der Waals surface area contributed by atoms with Gasteiger partial charge in [0.15, 0.2) is 0 Å². The van der Waals surface area contributed by atoms with Crippen molar-refractivity contribution in [2.75, 3.05) is 19.6 Å². The van der Waals surface area contributed by atoms with Crippen molar-refractivity contribution in [2.45, 2.75) is 38.0 Å². The fourth-order valence-corrected chi connectivity index (χ4v) is 4.90. The monoisotopic (exact) mass is 413 g/mol. The highest BCUT2D eigenvalue weighted by Crippen LogP contribution is 2.51. The second-order valence-electron chi connectivity index (χ2n) is 7.98. The molecule has 0 aromatic heterocycles. The van der Waals surface area contributed by atoms with E-state index in [2.05, 4.69) is 16.8 Å². The van der Waals surface area contributed by atoms with Crippen LogP contribution in [0.15, 0.2) is 41.5 Å². The number of halogens is 1. The topological polar surface area (TPSA) is 68.5 Å². The summed E-state index contributed by atoms with van der Waals surface area (Å²) in [7, 11) is 0. The van der Waals surface area contributed by atoms with Gasteiger partial charge in [-0.15, -0.1) is 0 Å². The summed E-state index contributed by atoms with van der Waals surface area (Å²) in [6, 6.07) is 10.3. The number of fused-ring (bicyclic) bond motifs is 4. The maximum Gasteiger partial charge on any atom is 0.200 e. The predicted octanol–water partition coefficient (Wildman–Crippen LogP) is 4.11. The molecule has 29 heavy (non-hydrogen) atoms. The van der Waals surface area contributed by atoms with Gasteiger partial charge < -0.3 is 19.8 Å². The highest BCUT2D eigenvalue weighted by Gasteiger charge is 2.51. The highest BCUT2D eigenvalue weighted by molar-refractivity contribution is 6.30. The summed E-state index contributed by atoms with van der Waals surface area (Å²) in [4.78, 5) is 2.42. The molecule has 3 aliphatic rings. The molecule has 2 aromatic rings. The SMILES string of the molecule is CCN1CCC2(CC1)Oc1ccc(Cl)cc1[C@H]1CC(c3cc(O)ccc3O)=NN12. The fraction of sp³-hybridized carbons (Fsp3) is 0.409. The van der Waals surface area contributed by atoms with Crippen LogP contribution in [0, 0.1) is 0 Å². The van der Waals surface area contributed by atoms with Crippen molar-refractivity contribution in [3.8, 4) is 17.2 Å². The first kappa shape index (κ1) is 18.6. The summed E-state index contributed by atoms with van der Waals surface area (Å²) in [6.45, 7) is 5.10. The number of phenols is 2. The molecular weight excluding hydrogens is 390 g/mol. The Balaban J connectivity index is 1.59. The van der Waals surface area contributed by atoms with Crippen molar-refractivity contribution >= 4 is 17.3 Å². The first-order valence-corrected chi connectivity index (χ1v) is 10.5. The van der Waals surface area contributed by atoms with Crippen LogP contribution in [0.1, 0.15) is 43.4 Å². The molecule has 1 spiro atoms. The normalized spacial score (nSPS) is 22.8. The van der Waals surface area contributed by atoms with Crippen molar-refractivity contribution in [1.82, 2.24) is 9.91 Å². The van der Waals surface area contributed by atoms with Crippen LogP contribution < -0.4 is 4.74 Å². The molecule has 1 fully saturated rings. The van der Waals surface area contributed by atoms with Crippen molar-refractivity contribution < 1.29 is 14.9 Å². The number of piperidine rings is 1. The van der Waals surface area contributed by atoms with Crippen molar-refractivity contribution in [3.05, 3.63) is 52.5 Å². The lowest BCUT2D eigenvalue weighted by Crippen LogP contribution is -2.59. The van der Waals surface area contributed by atoms with Crippen LogP contribution in [0.3, 0.4) is 0 Å². The van der Waals surface area contributed by atoms with Gasteiger partial charge in [0.2, 0.25) is 5.72 Å². The van der Waals surface area contributed by atoms with Gasteiger partial charge in [-0.2, -0.15) is 5.10 Å². The number of likely N-dealkylation sites (tertiary alicyclic amines) is 1. The summed E-state index contributed by atoms with van der Waals surface area (Å²) in [5, 5.41) is 28.0. The quantitative estimate of drug-likeness (QED) is 0.725. The number of hydrazone groups is 1. The third-order valence-electron chi connectivity index (χ3n) is 6.33. The van der Waals surface area contributed by atoms with E-state index in [9.17, 15) is 10.2 Å². The molecule has 5 rings (SSSR count). The Hall–Kier alpha value is -2.44. The summed E-state index contributed by atoms with van der Waals surface area (Å²) >= 11 is 6.29. The second kappa shape index (κ2) is 6.82. The van der Waals surface area contributed by atoms with Crippen LogP contribution in [0.4, 0.5) is 0 Å². The zero-order chi connectivity index (χ0) is 20.2. The first-order valence-electron chi connectivity index (χ1n) is 10.1. The minimum absolute atomic E-state index is 0.0117. The van der Waals surface area contributed by atoms with E-state index in [0.717, 1.165) is 49.5 Å². The lowest BCUT2D eigenvalue weighted by molar-refractivity contribution is -0.149. The van der Waals surface area contributed by atoms with Gasteiger partial charge in [-0.05, 0) is 42.9 Å². The van der Waals surface area contributed by atoms with Gasteiger partial charge in [0.1, 0.15) is 17.2 Å². The van der Waals surface area contributed by atoms with Gasteiger partial charge in [0, 0.05) is 48.5 Å². The smallest absolute Gasteiger partial charge is 0.200 e. The molecule has 0 saturated carbocycles. The third kappa shape index (κ3) is 3.02. The van der Waals surface area contributed by atoms with Gasteiger partial charge in [-0.1, -0.05) is 18.5 Å². The molecule has 1 atom stereocenters. The van der Waals surface area contributed by atoms with Crippen LogP contribution in [-0.2, 0) is 0 Å². The minimum Gasteiger partial charge on any atom is -0.508 e. The van der Waals surface area contributed by atoms with Crippen molar-refractivity contribution in [1.29, 1.82) is 0 Å².